The summed E-state index contributed by atoms with van der Waals surface area (Å²) in [5, 5.41) is 3.48. The Hall–Kier alpha value is -1.60. The quantitative estimate of drug-likeness (QED) is 0.829. The van der Waals surface area contributed by atoms with Crippen LogP contribution in [0.1, 0.15) is 47.7 Å². The van der Waals surface area contributed by atoms with Crippen molar-refractivity contribution in [3.05, 3.63) is 70.3 Å². The van der Waals surface area contributed by atoms with E-state index in [2.05, 4.69) is 75.5 Å². The number of rotatable bonds is 5. The molecule has 0 aliphatic heterocycles. The molecule has 21 heavy (non-hydrogen) atoms. The van der Waals surface area contributed by atoms with Crippen molar-refractivity contribution in [2.45, 2.75) is 40.2 Å². The summed E-state index contributed by atoms with van der Waals surface area (Å²) in [6.45, 7) is 8.89. The molecule has 1 unspecified atom stereocenters. The molecule has 0 amide bonds. The van der Waals surface area contributed by atoms with Gasteiger partial charge in [-0.15, -0.1) is 0 Å². The molecule has 0 fully saturated rings. The molecule has 0 aliphatic rings. The highest BCUT2D eigenvalue weighted by Gasteiger charge is 2.14. The van der Waals surface area contributed by atoms with Crippen LogP contribution in [0.5, 0.6) is 0 Å². The van der Waals surface area contributed by atoms with E-state index in [0.717, 1.165) is 6.42 Å². The standard InChI is InChI=1S/C20H27N/c1-14(2)11-17-7-6-8-18(13-17)20(21-5)19-10-9-15(3)12-16(19)4/h6-10,12-14,20-21H,11H2,1-5H3. The number of nitrogens with one attached hydrogen (secondary N) is 1. The minimum absolute atomic E-state index is 0.262. The van der Waals surface area contributed by atoms with Gasteiger partial charge in [-0.25, -0.2) is 0 Å². The topological polar surface area (TPSA) is 12.0 Å². The average Bonchev–Trinajstić information content (AvgIpc) is 2.41. The second kappa shape index (κ2) is 6.91. The molecular weight excluding hydrogens is 254 g/mol. The maximum atomic E-state index is 3.48. The van der Waals surface area contributed by atoms with Gasteiger partial charge in [0.1, 0.15) is 0 Å². The first-order valence-corrected chi connectivity index (χ1v) is 7.84. The summed E-state index contributed by atoms with van der Waals surface area (Å²) in [4.78, 5) is 0. The maximum absolute atomic E-state index is 3.48. The van der Waals surface area contributed by atoms with Crippen molar-refractivity contribution >= 4 is 0 Å². The zero-order valence-corrected chi connectivity index (χ0v) is 13.9. The van der Waals surface area contributed by atoms with E-state index in [1.807, 2.05) is 7.05 Å². The van der Waals surface area contributed by atoms with E-state index >= 15 is 0 Å². The van der Waals surface area contributed by atoms with Crippen molar-refractivity contribution in [2.75, 3.05) is 7.05 Å². The van der Waals surface area contributed by atoms with Gasteiger partial charge in [0.2, 0.25) is 0 Å². The van der Waals surface area contributed by atoms with Crippen LogP contribution in [-0.4, -0.2) is 7.05 Å². The second-order valence-electron chi connectivity index (χ2n) is 6.42. The van der Waals surface area contributed by atoms with Crippen LogP contribution in [0.4, 0.5) is 0 Å². The summed E-state index contributed by atoms with van der Waals surface area (Å²) in [5.74, 6) is 0.689. The number of aryl methyl sites for hydroxylation is 2. The lowest BCUT2D eigenvalue weighted by atomic mass is 9.92. The van der Waals surface area contributed by atoms with Crippen LogP contribution in [0.3, 0.4) is 0 Å². The fraction of sp³-hybridized carbons (Fsp3) is 0.400. The molecule has 112 valence electrons. The Kier molecular flexibility index (Phi) is 5.19. The van der Waals surface area contributed by atoms with E-state index in [0.29, 0.717) is 5.92 Å². The molecular formula is C20H27N. The first-order valence-electron chi connectivity index (χ1n) is 7.84. The van der Waals surface area contributed by atoms with Gasteiger partial charge in [0.05, 0.1) is 6.04 Å². The molecule has 0 spiro atoms. The first-order chi connectivity index (χ1) is 10.0. The third-order valence-electron chi connectivity index (χ3n) is 3.95. The normalized spacial score (nSPS) is 12.7. The third-order valence-corrected chi connectivity index (χ3v) is 3.95. The van der Waals surface area contributed by atoms with Crippen molar-refractivity contribution < 1.29 is 0 Å². The van der Waals surface area contributed by atoms with Crippen molar-refractivity contribution in [3.63, 3.8) is 0 Å². The molecule has 2 rings (SSSR count). The van der Waals surface area contributed by atoms with Gasteiger partial charge in [-0.2, -0.15) is 0 Å². The van der Waals surface area contributed by atoms with Gasteiger partial charge in [-0.05, 0) is 55.5 Å². The van der Waals surface area contributed by atoms with Gasteiger partial charge in [-0.3, -0.25) is 0 Å². The zero-order chi connectivity index (χ0) is 15.4. The third kappa shape index (κ3) is 3.95. The zero-order valence-electron chi connectivity index (χ0n) is 13.9. The maximum Gasteiger partial charge on any atom is 0.0576 e. The molecule has 0 saturated heterocycles. The smallest absolute Gasteiger partial charge is 0.0576 e. The Morgan fingerprint density at radius 3 is 2.38 bits per heavy atom. The van der Waals surface area contributed by atoms with Crippen LogP contribution in [-0.2, 0) is 6.42 Å². The van der Waals surface area contributed by atoms with E-state index in [1.54, 1.807) is 0 Å². The molecule has 0 heterocycles. The van der Waals surface area contributed by atoms with E-state index in [-0.39, 0.29) is 6.04 Å². The number of hydrogen-bond acceptors (Lipinski definition) is 1. The Balaban J connectivity index is 2.37. The molecule has 0 bridgehead atoms. The van der Waals surface area contributed by atoms with Crippen molar-refractivity contribution in [3.8, 4) is 0 Å². The summed E-state index contributed by atoms with van der Waals surface area (Å²) >= 11 is 0. The average molecular weight is 281 g/mol. The lowest BCUT2D eigenvalue weighted by Crippen LogP contribution is -2.19. The molecule has 1 N–H and O–H groups in total. The highest BCUT2D eigenvalue weighted by molar-refractivity contribution is 5.40. The van der Waals surface area contributed by atoms with Crippen LogP contribution in [0, 0.1) is 19.8 Å². The van der Waals surface area contributed by atoms with Gasteiger partial charge < -0.3 is 5.32 Å². The predicted octanol–water partition coefficient (Wildman–Crippen LogP) is 4.81. The van der Waals surface area contributed by atoms with Gasteiger partial charge in [0.25, 0.3) is 0 Å². The van der Waals surface area contributed by atoms with Crippen LogP contribution in [0.15, 0.2) is 42.5 Å². The largest absolute Gasteiger partial charge is 0.309 e. The minimum Gasteiger partial charge on any atom is -0.309 e. The first kappa shape index (κ1) is 15.8. The molecule has 2 aromatic carbocycles. The van der Waals surface area contributed by atoms with E-state index < -0.39 is 0 Å². The summed E-state index contributed by atoms with van der Waals surface area (Å²) in [5.41, 5.74) is 6.81. The summed E-state index contributed by atoms with van der Waals surface area (Å²) in [6.07, 6.45) is 1.14. The van der Waals surface area contributed by atoms with Crippen LogP contribution < -0.4 is 5.32 Å². The van der Waals surface area contributed by atoms with Crippen molar-refractivity contribution in [1.29, 1.82) is 0 Å². The molecule has 1 heteroatoms. The lowest BCUT2D eigenvalue weighted by molar-refractivity contribution is 0.642. The summed E-state index contributed by atoms with van der Waals surface area (Å²) < 4.78 is 0. The van der Waals surface area contributed by atoms with Crippen molar-refractivity contribution in [2.24, 2.45) is 5.92 Å². The lowest BCUT2D eigenvalue weighted by Gasteiger charge is -2.21. The Labute approximate surface area is 129 Å². The van der Waals surface area contributed by atoms with Crippen LogP contribution >= 0.6 is 0 Å². The molecule has 0 aliphatic carbocycles. The number of hydrogen-bond donors (Lipinski definition) is 1. The van der Waals surface area contributed by atoms with Gasteiger partial charge >= 0.3 is 0 Å². The molecule has 0 radical (unpaired) electrons. The minimum atomic E-state index is 0.262. The monoisotopic (exact) mass is 281 g/mol. The Morgan fingerprint density at radius 1 is 1.00 bits per heavy atom. The molecule has 0 aromatic heterocycles. The van der Waals surface area contributed by atoms with E-state index in [1.165, 1.54) is 27.8 Å². The highest BCUT2D eigenvalue weighted by Crippen LogP contribution is 2.26. The predicted molar refractivity (Wildman–Crippen MR) is 91.8 cm³/mol. The molecule has 1 nitrogen and oxygen atoms in total. The van der Waals surface area contributed by atoms with E-state index in [9.17, 15) is 0 Å². The van der Waals surface area contributed by atoms with Crippen molar-refractivity contribution in [1.82, 2.24) is 5.32 Å². The molecule has 0 saturated carbocycles. The summed E-state index contributed by atoms with van der Waals surface area (Å²) in [7, 11) is 2.04. The second-order valence-corrected chi connectivity index (χ2v) is 6.42. The Morgan fingerprint density at radius 2 is 1.76 bits per heavy atom. The van der Waals surface area contributed by atoms with Gasteiger partial charge in [0, 0.05) is 0 Å². The van der Waals surface area contributed by atoms with Crippen LogP contribution in [0.2, 0.25) is 0 Å². The number of benzene rings is 2. The highest BCUT2D eigenvalue weighted by atomic mass is 14.9. The van der Waals surface area contributed by atoms with E-state index in [4.69, 9.17) is 0 Å². The summed E-state index contributed by atoms with van der Waals surface area (Å²) in [6, 6.07) is 16.0. The molecule has 1 atom stereocenters. The van der Waals surface area contributed by atoms with Gasteiger partial charge in [-0.1, -0.05) is 61.9 Å². The Bertz CT molecular complexity index is 599. The fourth-order valence-electron chi connectivity index (χ4n) is 3.02. The SMILES string of the molecule is CNC(c1cccc(CC(C)C)c1)c1ccc(C)cc1C. The van der Waals surface area contributed by atoms with Crippen LogP contribution in [0.25, 0.3) is 0 Å². The fourth-order valence-corrected chi connectivity index (χ4v) is 3.02. The van der Waals surface area contributed by atoms with Gasteiger partial charge in [0.15, 0.2) is 0 Å². The molecule has 2 aromatic rings.